The lowest BCUT2D eigenvalue weighted by molar-refractivity contribution is -0.117. The highest BCUT2D eigenvalue weighted by molar-refractivity contribution is 5.95. The van der Waals surface area contributed by atoms with E-state index in [9.17, 15) is 9.59 Å². The lowest BCUT2D eigenvalue weighted by atomic mass is 10.0. The Morgan fingerprint density at radius 3 is 2.48 bits per heavy atom. The SMILES string of the molecule is CC(C)(C)OC(=O)N1CCN(c2cnc(NC(=O)C3CCc4ccccc43)cn2)CC1. The van der Waals surface area contributed by atoms with E-state index in [1.807, 2.05) is 39.0 Å². The number of nitrogens with zero attached hydrogens (tertiary/aromatic N) is 4. The van der Waals surface area contributed by atoms with Gasteiger partial charge in [0.05, 0.1) is 18.3 Å². The highest BCUT2D eigenvalue weighted by atomic mass is 16.6. The molecule has 1 atom stereocenters. The second-order valence-corrected chi connectivity index (χ2v) is 8.99. The zero-order valence-corrected chi connectivity index (χ0v) is 18.3. The van der Waals surface area contributed by atoms with E-state index in [4.69, 9.17) is 4.74 Å². The highest BCUT2D eigenvalue weighted by Crippen LogP contribution is 2.33. The minimum atomic E-state index is -0.499. The summed E-state index contributed by atoms with van der Waals surface area (Å²) in [4.78, 5) is 37.6. The third-order valence-electron chi connectivity index (χ3n) is 5.59. The topological polar surface area (TPSA) is 87.7 Å². The molecule has 2 aliphatic rings. The summed E-state index contributed by atoms with van der Waals surface area (Å²) in [6.07, 6.45) is 4.72. The molecule has 1 fully saturated rings. The number of nitrogens with one attached hydrogen (secondary N) is 1. The van der Waals surface area contributed by atoms with Gasteiger partial charge in [-0.25, -0.2) is 14.8 Å². The predicted octanol–water partition coefficient (Wildman–Crippen LogP) is 3.20. The summed E-state index contributed by atoms with van der Waals surface area (Å²) in [5.41, 5.74) is 1.85. The number of ether oxygens (including phenoxy) is 1. The van der Waals surface area contributed by atoms with Gasteiger partial charge in [-0.15, -0.1) is 0 Å². The van der Waals surface area contributed by atoms with Crippen LogP contribution in [0.1, 0.15) is 44.2 Å². The number of hydrogen-bond donors (Lipinski definition) is 1. The van der Waals surface area contributed by atoms with Crippen molar-refractivity contribution in [3.05, 3.63) is 47.8 Å². The van der Waals surface area contributed by atoms with Crippen molar-refractivity contribution in [1.29, 1.82) is 0 Å². The number of hydrogen-bond acceptors (Lipinski definition) is 6. The maximum Gasteiger partial charge on any atom is 0.410 e. The number of aromatic nitrogens is 2. The van der Waals surface area contributed by atoms with E-state index in [1.165, 1.54) is 5.56 Å². The summed E-state index contributed by atoms with van der Waals surface area (Å²) >= 11 is 0. The molecule has 1 unspecified atom stereocenters. The number of carbonyl (C=O) groups excluding carboxylic acids is 2. The third-order valence-corrected chi connectivity index (χ3v) is 5.59. The van der Waals surface area contributed by atoms with E-state index in [0.29, 0.717) is 32.0 Å². The molecule has 1 saturated heterocycles. The summed E-state index contributed by atoms with van der Waals surface area (Å²) < 4.78 is 5.44. The van der Waals surface area contributed by atoms with Gasteiger partial charge in [-0.05, 0) is 44.7 Å². The molecule has 2 heterocycles. The van der Waals surface area contributed by atoms with E-state index >= 15 is 0 Å². The van der Waals surface area contributed by atoms with Crippen LogP contribution >= 0.6 is 0 Å². The molecule has 0 saturated carbocycles. The van der Waals surface area contributed by atoms with Crippen LogP contribution in [0.3, 0.4) is 0 Å². The molecule has 2 aromatic rings. The van der Waals surface area contributed by atoms with Crippen molar-refractivity contribution in [3.63, 3.8) is 0 Å². The Labute approximate surface area is 182 Å². The first kappa shape index (κ1) is 21.1. The fraction of sp³-hybridized carbons (Fsp3) is 0.478. The van der Waals surface area contributed by atoms with Gasteiger partial charge in [0, 0.05) is 26.2 Å². The fourth-order valence-corrected chi connectivity index (χ4v) is 4.04. The standard InChI is InChI=1S/C23H29N5O3/c1-23(2,3)31-22(30)28-12-10-27(11-13-28)20-15-24-19(14-25-20)26-21(29)18-9-8-16-6-4-5-7-17(16)18/h4-7,14-15,18H,8-13H2,1-3H3,(H,24,26,29). The summed E-state index contributed by atoms with van der Waals surface area (Å²) in [5.74, 6) is 0.996. The average Bonchev–Trinajstić information content (AvgIpc) is 3.17. The lowest BCUT2D eigenvalue weighted by Gasteiger charge is -2.36. The lowest BCUT2D eigenvalue weighted by Crippen LogP contribution is -2.50. The Hall–Kier alpha value is -3.16. The highest BCUT2D eigenvalue weighted by Gasteiger charge is 2.29. The van der Waals surface area contributed by atoms with Crippen molar-refractivity contribution in [2.75, 3.05) is 36.4 Å². The number of rotatable bonds is 3. The van der Waals surface area contributed by atoms with Crippen LogP contribution in [0.25, 0.3) is 0 Å². The minimum Gasteiger partial charge on any atom is -0.444 e. The first-order chi connectivity index (χ1) is 14.8. The van der Waals surface area contributed by atoms with E-state index in [2.05, 4.69) is 26.3 Å². The van der Waals surface area contributed by atoms with Gasteiger partial charge in [-0.1, -0.05) is 24.3 Å². The first-order valence-corrected chi connectivity index (χ1v) is 10.7. The van der Waals surface area contributed by atoms with Crippen LogP contribution in [0.2, 0.25) is 0 Å². The number of fused-ring (bicyclic) bond motifs is 1. The molecule has 8 heteroatoms. The molecule has 8 nitrogen and oxygen atoms in total. The van der Waals surface area contributed by atoms with Crippen molar-refractivity contribution in [3.8, 4) is 0 Å². The Kier molecular flexibility index (Phi) is 5.80. The van der Waals surface area contributed by atoms with Crippen LogP contribution in [-0.4, -0.2) is 58.6 Å². The van der Waals surface area contributed by atoms with Gasteiger partial charge in [0.25, 0.3) is 0 Å². The molecule has 4 rings (SSSR count). The van der Waals surface area contributed by atoms with Crippen molar-refractivity contribution >= 4 is 23.6 Å². The maximum absolute atomic E-state index is 12.7. The van der Waals surface area contributed by atoms with Crippen LogP contribution in [-0.2, 0) is 16.0 Å². The number of amides is 2. The molecular formula is C23H29N5O3. The van der Waals surface area contributed by atoms with Crippen LogP contribution in [0.15, 0.2) is 36.7 Å². The smallest absolute Gasteiger partial charge is 0.410 e. The normalized spacial score (nSPS) is 18.5. The second kappa shape index (κ2) is 8.53. The molecule has 0 radical (unpaired) electrons. The quantitative estimate of drug-likeness (QED) is 0.816. The summed E-state index contributed by atoms with van der Waals surface area (Å²) in [7, 11) is 0. The molecule has 2 amide bonds. The molecule has 1 aliphatic carbocycles. The number of piperazine rings is 1. The van der Waals surface area contributed by atoms with Gasteiger partial charge < -0.3 is 19.9 Å². The van der Waals surface area contributed by atoms with Crippen molar-refractivity contribution in [2.24, 2.45) is 0 Å². The summed E-state index contributed by atoms with van der Waals surface area (Å²) in [6.45, 7) is 8.02. The zero-order valence-electron chi connectivity index (χ0n) is 18.3. The van der Waals surface area contributed by atoms with E-state index in [1.54, 1.807) is 17.3 Å². The van der Waals surface area contributed by atoms with Crippen molar-refractivity contribution < 1.29 is 14.3 Å². The van der Waals surface area contributed by atoms with Crippen LogP contribution in [0, 0.1) is 0 Å². The number of anilines is 2. The molecular weight excluding hydrogens is 394 g/mol. The molecule has 1 aromatic heterocycles. The second-order valence-electron chi connectivity index (χ2n) is 8.99. The number of benzene rings is 1. The first-order valence-electron chi connectivity index (χ1n) is 10.7. The average molecular weight is 424 g/mol. The van der Waals surface area contributed by atoms with Gasteiger partial charge in [0.2, 0.25) is 5.91 Å². The number of aryl methyl sites for hydroxylation is 1. The van der Waals surface area contributed by atoms with E-state index < -0.39 is 5.60 Å². The van der Waals surface area contributed by atoms with E-state index in [-0.39, 0.29) is 17.9 Å². The Morgan fingerprint density at radius 2 is 1.81 bits per heavy atom. The molecule has 0 spiro atoms. The Morgan fingerprint density at radius 1 is 1.06 bits per heavy atom. The van der Waals surface area contributed by atoms with Gasteiger partial charge in [0.15, 0.2) is 5.82 Å². The van der Waals surface area contributed by atoms with Gasteiger partial charge in [0.1, 0.15) is 11.4 Å². The number of carbonyl (C=O) groups is 2. The van der Waals surface area contributed by atoms with Gasteiger partial charge in [-0.2, -0.15) is 0 Å². The van der Waals surface area contributed by atoms with Crippen LogP contribution in [0.4, 0.5) is 16.4 Å². The van der Waals surface area contributed by atoms with Crippen LogP contribution in [0.5, 0.6) is 0 Å². The molecule has 1 aromatic carbocycles. The molecule has 0 bridgehead atoms. The Balaban J connectivity index is 1.31. The summed E-state index contributed by atoms with van der Waals surface area (Å²) in [6, 6.07) is 8.09. The zero-order chi connectivity index (χ0) is 22.0. The largest absolute Gasteiger partial charge is 0.444 e. The van der Waals surface area contributed by atoms with Gasteiger partial charge in [-0.3, -0.25) is 4.79 Å². The molecule has 1 N–H and O–H groups in total. The summed E-state index contributed by atoms with van der Waals surface area (Å²) in [5, 5.41) is 2.90. The minimum absolute atomic E-state index is 0.0435. The van der Waals surface area contributed by atoms with Crippen LogP contribution < -0.4 is 10.2 Å². The van der Waals surface area contributed by atoms with E-state index in [0.717, 1.165) is 24.2 Å². The van der Waals surface area contributed by atoms with Crippen molar-refractivity contribution in [1.82, 2.24) is 14.9 Å². The Bertz CT molecular complexity index is 946. The van der Waals surface area contributed by atoms with Gasteiger partial charge >= 0.3 is 6.09 Å². The molecule has 1 aliphatic heterocycles. The molecule has 31 heavy (non-hydrogen) atoms. The molecule has 164 valence electrons. The monoisotopic (exact) mass is 423 g/mol. The third kappa shape index (κ3) is 4.95. The fourth-order valence-electron chi connectivity index (χ4n) is 4.04. The predicted molar refractivity (Wildman–Crippen MR) is 118 cm³/mol. The van der Waals surface area contributed by atoms with Crippen molar-refractivity contribution in [2.45, 2.75) is 45.1 Å². The maximum atomic E-state index is 12.7.